The Hall–Kier alpha value is -0.110. The lowest BCUT2D eigenvalue weighted by molar-refractivity contribution is 1.06. The number of hydrogen-bond acceptors (Lipinski definition) is 4. The minimum atomic E-state index is 0.869. The number of thioether (sulfide) groups is 2. The Morgan fingerprint density at radius 2 is 2.08 bits per heavy atom. The highest BCUT2D eigenvalue weighted by Gasteiger charge is 2.14. The van der Waals surface area contributed by atoms with Crippen molar-refractivity contribution in [3.63, 3.8) is 0 Å². The van der Waals surface area contributed by atoms with Crippen LogP contribution >= 0.6 is 34.9 Å². The van der Waals surface area contributed by atoms with Crippen LogP contribution in [0.25, 0.3) is 0 Å². The lowest BCUT2D eigenvalue weighted by atomic mass is 10.2. The number of rotatable bonds is 3. The first-order chi connectivity index (χ1) is 6.28. The van der Waals surface area contributed by atoms with Gasteiger partial charge in [0.25, 0.3) is 0 Å². The molecule has 1 aromatic rings. The zero-order valence-electron chi connectivity index (χ0n) is 7.88. The van der Waals surface area contributed by atoms with E-state index in [2.05, 4.69) is 19.2 Å². The van der Waals surface area contributed by atoms with Crippen LogP contribution in [0.2, 0.25) is 0 Å². The fraction of sp³-hybridized carbons (Fsp3) is 0.444. The van der Waals surface area contributed by atoms with Gasteiger partial charge in [-0.2, -0.15) is 5.26 Å². The second kappa shape index (κ2) is 4.94. The van der Waals surface area contributed by atoms with E-state index in [4.69, 9.17) is 5.26 Å². The summed E-state index contributed by atoms with van der Waals surface area (Å²) in [6, 6.07) is 2.26. The predicted molar refractivity (Wildman–Crippen MR) is 62.0 cm³/mol. The number of nitrogens with zero attached hydrogens (tertiary/aromatic N) is 1. The molecule has 0 fully saturated rings. The van der Waals surface area contributed by atoms with Gasteiger partial charge in [0.05, 0.1) is 4.21 Å². The molecule has 0 amide bonds. The summed E-state index contributed by atoms with van der Waals surface area (Å²) in [7, 11) is 0. The maximum atomic E-state index is 8.92. The maximum Gasteiger partial charge on any atom is 0.119 e. The second-order valence-corrected chi connectivity index (χ2v) is 5.31. The van der Waals surface area contributed by atoms with Gasteiger partial charge in [-0.1, -0.05) is 6.92 Å². The first-order valence-electron chi connectivity index (χ1n) is 3.92. The van der Waals surface area contributed by atoms with Crippen LogP contribution in [0, 0.1) is 11.3 Å². The van der Waals surface area contributed by atoms with Gasteiger partial charge in [0.15, 0.2) is 0 Å². The minimum Gasteiger partial charge on any atom is -0.191 e. The summed E-state index contributed by atoms with van der Waals surface area (Å²) in [5.41, 5.74) is 1.35. The summed E-state index contributed by atoms with van der Waals surface area (Å²) in [6.45, 7) is 2.14. The van der Waals surface area contributed by atoms with E-state index in [1.165, 1.54) is 14.7 Å². The molecule has 70 valence electrons. The van der Waals surface area contributed by atoms with Crippen LogP contribution in [0.15, 0.2) is 9.10 Å². The molecule has 0 saturated heterocycles. The highest BCUT2D eigenvalue weighted by atomic mass is 32.2. The topological polar surface area (TPSA) is 23.8 Å². The van der Waals surface area contributed by atoms with Gasteiger partial charge in [-0.3, -0.25) is 0 Å². The normalized spacial score (nSPS) is 10.0. The third kappa shape index (κ3) is 2.04. The van der Waals surface area contributed by atoms with Crippen LogP contribution in [0.5, 0.6) is 0 Å². The Balaban J connectivity index is 3.27. The molecular formula is C9H11NS3. The minimum absolute atomic E-state index is 0.869. The number of thiophene rings is 1. The molecule has 1 nitrogen and oxygen atoms in total. The van der Waals surface area contributed by atoms with Crippen molar-refractivity contribution in [1.82, 2.24) is 0 Å². The van der Waals surface area contributed by atoms with E-state index in [-0.39, 0.29) is 0 Å². The summed E-state index contributed by atoms with van der Waals surface area (Å²) in [4.78, 5) is 2.05. The molecule has 0 radical (unpaired) electrons. The van der Waals surface area contributed by atoms with E-state index < -0.39 is 0 Å². The van der Waals surface area contributed by atoms with Crippen LogP contribution in [0.4, 0.5) is 0 Å². The maximum absolute atomic E-state index is 8.92. The van der Waals surface area contributed by atoms with Gasteiger partial charge in [0.1, 0.15) is 10.9 Å². The molecule has 0 aliphatic carbocycles. The van der Waals surface area contributed by atoms with Crippen molar-refractivity contribution in [1.29, 1.82) is 5.26 Å². The van der Waals surface area contributed by atoms with Crippen LogP contribution in [0.3, 0.4) is 0 Å². The standard InChI is InChI=1S/C9H11NS3/c1-4-6-8(11-2)7(5-10)13-9(6)12-3/h4H2,1-3H3. The molecular weight excluding hydrogens is 218 g/mol. The van der Waals surface area contributed by atoms with Gasteiger partial charge < -0.3 is 0 Å². The van der Waals surface area contributed by atoms with Crippen molar-refractivity contribution in [2.24, 2.45) is 0 Å². The highest BCUT2D eigenvalue weighted by Crippen LogP contribution is 2.39. The zero-order chi connectivity index (χ0) is 9.84. The molecule has 0 saturated carbocycles. The van der Waals surface area contributed by atoms with E-state index in [9.17, 15) is 0 Å². The first-order valence-corrected chi connectivity index (χ1v) is 7.18. The van der Waals surface area contributed by atoms with E-state index in [0.29, 0.717) is 0 Å². The Morgan fingerprint density at radius 1 is 1.38 bits per heavy atom. The Kier molecular flexibility index (Phi) is 4.17. The summed E-state index contributed by atoms with van der Waals surface area (Å²) in [6.07, 6.45) is 5.12. The molecule has 4 heteroatoms. The van der Waals surface area contributed by atoms with Gasteiger partial charge in [0, 0.05) is 4.90 Å². The van der Waals surface area contributed by atoms with Crippen LogP contribution in [-0.4, -0.2) is 12.5 Å². The summed E-state index contributed by atoms with van der Waals surface area (Å²) in [5.74, 6) is 0. The van der Waals surface area contributed by atoms with Crippen LogP contribution in [0.1, 0.15) is 17.4 Å². The monoisotopic (exact) mass is 229 g/mol. The Labute approximate surface area is 91.5 Å². The molecule has 0 unspecified atom stereocenters. The van der Waals surface area contributed by atoms with Gasteiger partial charge in [-0.25, -0.2) is 0 Å². The second-order valence-electron chi connectivity index (χ2n) is 2.40. The number of hydrogen-bond donors (Lipinski definition) is 0. The van der Waals surface area contributed by atoms with Gasteiger partial charge >= 0.3 is 0 Å². The zero-order valence-corrected chi connectivity index (χ0v) is 10.3. The molecule has 0 spiro atoms. The average molecular weight is 229 g/mol. The van der Waals surface area contributed by atoms with Crippen LogP contribution < -0.4 is 0 Å². The first kappa shape index (κ1) is 11.0. The third-order valence-corrected chi connectivity index (χ3v) is 5.05. The van der Waals surface area contributed by atoms with Crippen molar-refractivity contribution in [3.8, 4) is 6.07 Å². The number of nitriles is 1. The Morgan fingerprint density at radius 3 is 2.46 bits per heavy atom. The van der Waals surface area contributed by atoms with Gasteiger partial charge in [0.2, 0.25) is 0 Å². The summed E-state index contributed by atoms with van der Waals surface area (Å²) >= 11 is 5.04. The highest BCUT2D eigenvalue weighted by molar-refractivity contribution is 8.01. The van der Waals surface area contributed by atoms with Crippen molar-refractivity contribution >= 4 is 34.9 Å². The smallest absolute Gasteiger partial charge is 0.119 e. The van der Waals surface area contributed by atoms with Crippen molar-refractivity contribution in [3.05, 3.63) is 10.4 Å². The lowest BCUT2D eigenvalue weighted by Gasteiger charge is -1.99. The quantitative estimate of drug-likeness (QED) is 0.740. The lowest BCUT2D eigenvalue weighted by Crippen LogP contribution is -1.81. The van der Waals surface area contributed by atoms with Crippen molar-refractivity contribution < 1.29 is 0 Å². The summed E-state index contributed by atoms with van der Waals surface area (Å²) in [5, 5.41) is 8.92. The van der Waals surface area contributed by atoms with Gasteiger partial charge in [-0.15, -0.1) is 34.9 Å². The Bertz CT molecular complexity index is 335. The largest absolute Gasteiger partial charge is 0.191 e. The van der Waals surface area contributed by atoms with E-state index >= 15 is 0 Å². The SMILES string of the molecule is CCc1c(SC)sc(C#N)c1SC. The van der Waals surface area contributed by atoms with Crippen molar-refractivity contribution in [2.45, 2.75) is 22.4 Å². The van der Waals surface area contributed by atoms with Gasteiger partial charge in [-0.05, 0) is 24.5 Å². The van der Waals surface area contributed by atoms with Crippen LogP contribution in [-0.2, 0) is 6.42 Å². The molecule has 0 aromatic carbocycles. The average Bonchev–Trinajstić information content (AvgIpc) is 2.54. The molecule has 1 aromatic heterocycles. The fourth-order valence-electron chi connectivity index (χ4n) is 1.19. The van der Waals surface area contributed by atoms with E-state index in [0.717, 1.165) is 11.3 Å². The van der Waals surface area contributed by atoms with E-state index in [1.807, 2.05) is 6.26 Å². The fourth-order valence-corrected chi connectivity index (χ4v) is 4.31. The molecule has 1 rings (SSSR count). The molecule has 1 heterocycles. The molecule has 0 aliphatic heterocycles. The molecule has 0 aliphatic rings. The molecule has 0 atom stereocenters. The molecule has 0 N–H and O–H groups in total. The molecule has 13 heavy (non-hydrogen) atoms. The third-order valence-electron chi connectivity index (χ3n) is 1.77. The van der Waals surface area contributed by atoms with E-state index in [1.54, 1.807) is 34.9 Å². The summed E-state index contributed by atoms with van der Waals surface area (Å²) < 4.78 is 1.29. The van der Waals surface area contributed by atoms with Crippen molar-refractivity contribution in [2.75, 3.05) is 12.5 Å². The molecule has 0 bridgehead atoms. The predicted octanol–water partition coefficient (Wildman–Crippen LogP) is 3.63.